The SMILES string of the molecule is CC.CC.Cc1ccc(-c2c3cccc2C2=C(CC=C2)N/C=C/C=C\3)cc1.Cc1ccc(C2C=CC=C2)cc1.Cc1ccccc1. The zero-order chi connectivity index (χ0) is 33.1. The monoisotopic (exact) mass is 605 g/mol. The third kappa shape index (κ3) is 10.3. The van der Waals surface area contributed by atoms with Crippen LogP contribution >= 0.6 is 0 Å². The zero-order valence-electron chi connectivity index (χ0n) is 28.8. The predicted octanol–water partition coefficient (Wildman–Crippen LogP) is 12.7. The molecule has 1 aliphatic heterocycles. The number of nitrogens with one attached hydrogen (secondary N) is 1. The number of hydrogen-bond acceptors (Lipinski definition) is 1. The van der Waals surface area contributed by atoms with Crippen LogP contribution in [0.15, 0.2) is 158 Å². The molecule has 0 saturated carbocycles. The molecule has 3 aliphatic rings. The molecule has 1 heterocycles. The molecule has 2 aliphatic carbocycles. The molecule has 0 atom stereocenters. The average Bonchev–Trinajstić information content (AvgIpc) is 3.81. The highest BCUT2D eigenvalue weighted by molar-refractivity contribution is 5.92. The Bertz CT molecular complexity index is 1650. The fourth-order valence-corrected chi connectivity index (χ4v) is 5.21. The third-order valence-corrected chi connectivity index (χ3v) is 7.55. The maximum atomic E-state index is 3.43. The van der Waals surface area contributed by atoms with E-state index in [0.29, 0.717) is 5.92 Å². The van der Waals surface area contributed by atoms with Crippen molar-refractivity contribution in [3.63, 3.8) is 0 Å². The van der Waals surface area contributed by atoms with Crippen LogP contribution in [0, 0.1) is 20.8 Å². The lowest BCUT2D eigenvalue weighted by Gasteiger charge is -2.16. The Labute approximate surface area is 279 Å². The highest BCUT2D eigenvalue weighted by Gasteiger charge is 2.17. The van der Waals surface area contributed by atoms with Crippen LogP contribution in [0.2, 0.25) is 0 Å². The molecule has 236 valence electrons. The van der Waals surface area contributed by atoms with Crippen molar-refractivity contribution in [1.82, 2.24) is 5.32 Å². The Morgan fingerprint density at radius 2 is 1.17 bits per heavy atom. The maximum Gasteiger partial charge on any atom is 0.0264 e. The molecule has 0 saturated heterocycles. The minimum absolute atomic E-state index is 0.505. The van der Waals surface area contributed by atoms with E-state index in [1.165, 1.54) is 55.8 Å². The lowest BCUT2D eigenvalue weighted by Crippen LogP contribution is -2.05. The molecule has 1 heteroatoms. The van der Waals surface area contributed by atoms with Gasteiger partial charge < -0.3 is 5.32 Å². The van der Waals surface area contributed by atoms with Gasteiger partial charge in [0.1, 0.15) is 0 Å². The first-order chi connectivity index (χ1) is 22.6. The largest absolute Gasteiger partial charge is 0.364 e. The van der Waals surface area contributed by atoms with Crippen molar-refractivity contribution in [2.45, 2.75) is 60.8 Å². The van der Waals surface area contributed by atoms with E-state index in [-0.39, 0.29) is 0 Å². The molecule has 4 aromatic carbocycles. The Kier molecular flexibility index (Phi) is 15.1. The summed E-state index contributed by atoms with van der Waals surface area (Å²) in [5, 5.41) is 3.43. The smallest absolute Gasteiger partial charge is 0.0264 e. The summed E-state index contributed by atoms with van der Waals surface area (Å²) in [6.07, 6.45) is 22.4. The van der Waals surface area contributed by atoms with Crippen LogP contribution in [-0.4, -0.2) is 0 Å². The van der Waals surface area contributed by atoms with Crippen molar-refractivity contribution in [3.05, 3.63) is 191 Å². The standard InChI is InChI=1S/C22H19N.C12H12.C7H8.2C2H6/c1-16-11-13-18(14-12-16)22-17-6-2-3-15-23-21-10-5-8-19(21)20(22)9-4-7-17;1-10-6-8-12(9-7-10)11-4-2-3-5-11;1-7-5-3-2-4-6-7;2*1-2/h2-9,11-15,23H,10H2,1H3;2-9,11H,1H3;2-6H,1H3;2*1-2H3/b6-2-,15-3+;;;;. The molecule has 0 unspecified atom stereocenters. The second-order valence-electron chi connectivity index (χ2n) is 10.9. The van der Waals surface area contributed by atoms with Crippen LogP contribution in [0.25, 0.3) is 22.8 Å². The highest BCUT2D eigenvalue weighted by Crippen LogP contribution is 2.37. The van der Waals surface area contributed by atoms with Crippen LogP contribution in [0.4, 0.5) is 0 Å². The Morgan fingerprint density at radius 1 is 0.565 bits per heavy atom. The Hall–Kier alpha value is -4.88. The molecule has 0 radical (unpaired) electrons. The summed E-state index contributed by atoms with van der Waals surface area (Å²) in [6.45, 7) is 14.3. The van der Waals surface area contributed by atoms with Crippen molar-refractivity contribution in [3.8, 4) is 11.1 Å². The quantitative estimate of drug-likeness (QED) is 0.240. The minimum Gasteiger partial charge on any atom is -0.364 e. The van der Waals surface area contributed by atoms with E-state index in [2.05, 4.69) is 160 Å². The summed E-state index contributed by atoms with van der Waals surface area (Å²) in [5.74, 6) is 0.505. The normalized spacial score (nSPS) is 14.8. The van der Waals surface area contributed by atoms with Gasteiger partial charge in [-0.25, -0.2) is 0 Å². The van der Waals surface area contributed by atoms with Gasteiger partial charge >= 0.3 is 0 Å². The van der Waals surface area contributed by atoms with Crippen LogP contribution in [-0.2, 0) is 0 Å². The van der Waals surface area contributed by atoms with Crippen LogP contribution in [0.1, 0.15) is 73.4 Å². The van der Waals surface area contributed by atoms with Crippen molar-refractivity contribution >= 4 is 11.6 Å². The molecule has 2 bridgehead atoms. The van der Waals surface area contributed by atoms with Crippen LogP contribution < -0.4 is 5.32 Å². The molecule has 4 aromatic rings. The van der Waals surface area contributed by atoms with E-state index in [9.17, 15) is 0 Å². The third-order valence-electron chi connectivity index (χ3n) is 7.55. The van der Waals surface area contributed by atoms with E-state index in [0.717, 1.165) is 6.42 Å². The Balaban J connectivity index is 0.000000209. The second kappa shape index (κ2) is 19.5. The van der Waals surface area contributed by atoms with Gasteiger partial charge in [0.05, 0.1) is 0 Å². The molecule has 0 aromatic heterocycles. The van der Waals surface area contributed by atoms with Gasteiger partial charge in [0.25, 0.3) is 0 Å². The molecular formula is C45H51N. The molecule has 46 heavy (non-hydrogen) atoms. The van der Waals surface area contributed by atoms with Gasteiger partial charge in [0.2, 0.25) is 0 Å². The maximum absolute atomic E-state index is 3.43. The first kappa shape index (κ1) is 35.6. The highest BCUT2D eigenvalue weighted by atomic mass is 14.9. The van der Waals surface area contributed by atoms with Crippen molar-refractivity contribution in [2.24, 2.45) is 0 Å². The summed E-state index contributed by atoms with van der Waals surface area (Å²) in [5.41, 5.74) is 13.0. The molecule has 1 N–H and O–H groups in total. The fraction of sp³-hybridized carbons (Fsp3) is 0.200. The summed E-state index contributed by atoms with van der Waals surface area (Å²) in [6, 6.07) is 34.4. The number of allylic oxidation sites excluding steroid dienone is 9. The lowest BCUT2D eigenvalue weighted by atomic mass is 9.89. The molecule has 1 nitrogen and oxygen atoms in total. The van der Waals surface area contributed by atoms with Gasteiger partial charge in [0, 0.05) is 29.8 Å². The zero-order valence-corrected chi connectivity index (χ0v) is 28.8. The van der Waals surface area contributed by atoms with Gasteiger partial charge in [-0.3, -0.25) is 0 Å². The minimum atomic E-state index is 0.505. The number of rotatable bonds is 2. The predicted molar refractivity (Wildman–Crippen MR) is 205 cm³/mol. The summed E-state index contributed by atoms with van der Waals surface area (Å²) in [4.78, 5) is 0. The first-order valence-corrected chi connectivity index (χ1v) is 16.7. The van der Waals surface area contributed by atoms with Gasteiger partial charge in [-0.2, -0.15) is 0 Å². The number of hydrogen-bond donors (Lipinski definition) is 1. The van der Waals surface area contributed by atoms with Crippen molar-refractivity contribution in [1.29, 1.82) is 0 Å². The summed E-state index contributed by atoms with van der Waals surface area (Å²) < 4.78 is 0. The van der Waals surface area contributed by atoms with E-state index in [4.69, 9.17) is 0 Å². The van der Waals surface area contributed by atoms with Gasteiger partial charge in [-0.15, -0.1) is 0 Å². The molecule has 0 fully saturated rings. The summed E-state index contributed by atoms with van der Waals surface area (Å²) in [7, 11) is 0. The second-order valence-corrected chi connectivity index (χ2v) is 10.9. The number of benzene rings is 4. The molecule has 0 amide bonds. The van der Waals surface area contributed by atoms with Crippen molar-refractivity contribution in [2.75, 3.05) is 0 Å². The number of fused-ring (bicyclic) bond motifs is 3. The van der Waals surface area contributed by atoms with Gasteiger partial charge in [0.15, 0.2) is 0 Å². The van der Waals surface area contributed by atoms with Crippen LogP contribution in [0.3, 0.4) is 0 Å². The average molecular weight is 606 g/mol. The lowest BCUT2D eigenvalue weighted by molar-refractivity contribution is 1.01. The summed E-state index contributed by atoms with van der Waals surface area (Å²) >= 11 is 0. The van der Waals surface area contributed by atoms with E-state index >= 15 is 0 Å². The molecular weight excluding hydrogens is 555 g/mol. The Morgan fingerprint density at radius 3 is 1.78 bits per heavy atom. The topological polar surface area (TPSA) is 12.0 Å². The number of aryl methyl sites for hydroxylation is 3. The van der Waals surface area contributed by atoms with Gasteiger partial charge in [-0.05, 0) is 54.7 Å². The molecule has 7 rings (SSSR count). The van der Waals surface area contributed by atoms with E-state index in [1.807, 2.05) is 52.1 Å². The van der Waals surface area contributed by atoms with E-state index in [1.54, 1.807) is 0 Å². The van der Waals surface area contributed by atoms with E-state index < -0.39 is 0 Å². The first-order valence-electron chi connectivity index (χ1n) is 16.7. The van der Waals surface area contributed by atoms with Crippen molar-refractivity contribution < 1.29 is 0 Å². The van der Waals surface area contributed by atoms with Gasteiger partial charge in [-0.1, -0.05) is 190 Å². The molecule has 0 spiro atoms. The fourth-order valence-electron chi connectivity index (χ4n) is 5.21. The van der Waals surface area contributed by atoms with Crippen LogP contribution in [0.5, 0.6) is 0 Å².